The second kappa shape index (κ2) is 9.61. The first-order valence-electron chi connectivity index (χ1n) is 8.54. The third-order valence-electron chi connectivity index (χ3n) is 4.09. The lowest BCUT2D eigenvalue weighted by Crippen LogP contribution is -2.51. The van der Waals surface area contributed by atoms with Gasteiger partial charge in [0.2, 0.25) is 0 Å². The van der Waals surface area contributed by atoms with E-state index in [1.165, 1.54) is 0 Å². The Hall–Kier alpha value is -1.63. The molecule has 1 aromatic rings. The average molecular weight is 336 g/mol. The van der Waals surface area contributed by atoms with Gasteiger partial charge in [0.05, 0.1) is 12.7 Å². The van der Waals surface area contributed by atoms with Crippen molar-refractivity contribution in [1.29, 1.82) is 0 Å². The average Bonchev–Trinajstić information content (AvgIpc) is 2.60. The maximum atomic E-state index is 12.2. The molecule has 1 aliphatic heterocycles. The summed E-state index contributed by atoms with van der Waals surface area (Å²) in [5.74, 6) is 0.719. The highest BCUT2D eigenvalue weighted by molar-refractivity contribution is 5.77. The van der Waals surface area contributed by atoms with Gasteiger partial charge >= 0.3 is 0 Å². The summed E-state index contributed by atoms with van der Waals surface area (Å²) in [6.45, 7) is 8.40. The minimum Gasteiger partial charge on any atom is -0.484 e. The Balaban J connectivity index is 1.67. The zero-order valence-corrected chi connectivity index (χ0v) is 14.6. The van der Waals surface area contributed by atoms with Crippen LogP contribution in [-0.4, -0.2) is 79.5 Å². The van der Waals surface area contributed by atoms with Crippen LogP contribution in [0.15, 0.2) is 24.3 Å². The summed E-state index contributed by atoms with van der Waals surface area (Å²) in [7, 11) is 0. The summed E-state index contributed by atoms with van der Waals surface area (Å²) >= 11 is 0. The zero-order chi connectivity index (χ0) is 17.4. The predicted octanol–water partition coefficient (Wildman–Crippen LogP) is 0.915. The fourth-order valence-electron chi connectivity index (χ4n) is 2.66. The Kier molecular flexibility index (Phi) is 7.49. The normalized spacial score (nSPS) is 16.9. The van der Waals surface area contributed by atoms with Crippen LogP contribution in [0.25, 0.3) is 0 Å². The Morgan fingerprint density at radius 2 is 1.88 bits per heavy atom. The molecule has 1 amide bonds. The lowest BCUT2D eigenvalue weighted by Gasteiger charge is -2.35. The molecule has 0 aromatic heterocycles. The lowest BCUT2D eigenvalue weighted by molar-refractivity contribution is -0.135. The van der Waals surface area contributed by atoms with Crippen molar-refractivity contribution in [3.63, 3.8) is 0 Å². The summed E-state index contributed by atoms with van der Waals surface area (Å²) in [5.41, 5.74) is 1.16. The van der Waals surface area contributed by atoms with Gasteiger partial charge in [-0.1, -0.05) is 17.7 Å². The van der Waals surface area contributed by atoms with Gasteiger partial charge < -0.3 is 19.5 Å². The minimum atomic E-state index is -0.475. The molecule has 1 atom stereocenters. The monoisotopic (exact) mass is 336 g/mol. The van der Waals surface area contributed by atoms with Gasteiger partial charge in [0.1, 0.15) is 5.75 Å². The van der Waals surface area contributed by atoms with Gasteiger partial charge in [-0.2, -0.15) is 0 Å². The number of nitrogens with zero attached hydrogens (tertiary/aromatic N) is 2. The molecular weight excluding hydrogens is 308 g/mol. The van der Waals surface area contributed by atoms with E-state index in [2.05, 4.69) is 4.90 Å². The molecule has 2 rings (SSSR count). The van der Waals surface area contributed by atoms with Gasteiger partial charge in [-0.25, -0.2) is 0 Å². The summed E-state index contributed by atoms with van der Waals surface area (Å²) < 4.78 is 10.8. The number of hydrogen-bond acceptors (Lipinski definition) is 5. The Bertz CT molecular complexity index is 498. The van der Waals surface area contributed by atoms with Crippen LogP contribution in [-0.2, 0) is 9.53 Å². The second-order valence-electron chi connectivity index (χ2n) is 6.10. The van der Waals surface area contributed by atoms with Crippen LogP contribution in [0.5, 0.6) is 5.75 Å². The highest BCUT2D eigenvalue weighted by Crippen LogP contribution is 2.12. The molecule has 0 bridgehead atoms. The number of benzene rings is 1. The molecule has 1 aliphatic rings. The van der Waals surface area contributed by atoms with Gasteiger partial charge in [0, 0.05) is 39.3 Å². The Labute approximate surface area is 144 Å². The third-order valence-corrected chi connectivity index (χ3v) is 4.09. The number of aliphatic hydroxyl groups excluding tert-OH is 1. The highest BCUT2D eigenvalue weighted by atomic mass is 16.5. The number of amides is 1. The summed E-state index contributed by atoms with van der Waals surface area (Å²) in [4.78, 5) is 16.2. The van der Waals surface area contributed by atoms with Crippen molar-refractivity contribution in [1.82, 2.24) is 9.80 Å². The fourth-order valence-corrected chi connectivity index (χ4v) is 2.66. The first kappa shape index (κ1) is 18.7. The molecule has 1 N–H and O–H groups in total. The van der Waals surface area contributed by atoms with Crippen LogP contribution in [0, 0.1) is 6.92 Å². The van der Waals surface area contributed by atoms with E-state index in [-0.39, 0.29) is 12.5 Å². The number of carbonyl (C=O) groups is 1. The van der Waals surface area contributed by atoms with E-state index in [0.29, 0.717) is 38.6 Å². The molecule has 1 heterocycles. The molecule has 1 unspecified atom stereocenters. The van der Waals surface area contributed by atoms with Crippen LogP contribution >= 0.6 is 0 Å². The number of carbonyl (C=O) groups excluding carboxylic acids is 1. The number of rotatable bonds is 8. The van der Waals surface area contributed by atoms with Crippen molar-refractivity contribution >= 4 is 5.91 Å². The van der Waals surface area contributed by atoms with E-state index in [9.17, 15) is 9.90 Å². The smallest absolute Gasteiger partial charge is 0.260 e. The summed E-state index contributed by atoms with van der Waals surface area (Å²) in [6.07, 6.45) is -0.475. The van der Waals surface area contributed by atoms with E-state index in [1.54, 1.807) is 0 Å². The van der Waals surface area contributed by atoms with Crippen molar-refractivity contribution in [2.24, 2.45) is 0 Å². The Morgan fingerprint density at radius 3 is 2.50 bits per heavy atom. The van der Waals surface area contributed by atoms with Gasteiger partial charge in [0.15, 0.2) is 6.61 Å². The number of aliphatic hydroxyl groups is 1. The van der Waals surface area contributed by atoms with E-state index in [4.69, 9.17) is 9.47 Å². The molecule has 1 fully saturated rings. The topological polar surface area (TPSA) is 62.2 Å². The molecule has 6 nitrogen and oxygen atoms in total. The van der Waals surface area contributed by atoms with E-state index < -0.39 is 6.10 Å². The number of hydrogen-bond donors (Lipinski definition) is 1. The second-order valence-corrected chi connectivity index (χ2v) is 6.10. The van der Waals surface area contributed by atoms with Crippen molar-refractivity contribution in [2.75, 3.05) is 52.5 Å². The standard InChI is InChI=1S/C18H28N2O4/c1-3-23-13-16(21)12-19-8-10-20(11-9-19)18(22)14-24-17-6-4-15(2)5-7-17/h4-7,16,21H,3,8-14H2,1-2H3. The summed E-state index contributed by atoms with van der Waals surface area (Å²) in [6, 6.07) is 7.68. The van der Waals surface area contributed by atoms with Gasteiger partial charge in [-0.15, -0.1) is 0 Å². The highest BCUT2D eigenvalue weighted by Gasteiger charge is 2.22. The fraction of sp³-hybridized carbons (Fsp3) is 0.611. The number of β-amino-alcohol motifs (C(OH)–C–C–N with tert-alkyl or cyclic N) is 1. The number of piperazine rings is 1. The zero-order valence-electron chi connectivity index (χ0n) is 14.6. The van der Waals surface area contributed by atoms with E-state index in [1.807, 2.05) is 43.0 Å². The van der Waals surface area contributed by atoms with Gasteiger partial charge in [0.25, 0.3) is 5.91 Å². The van der Waals surface area contributed by atoms with Crippen molar-refractivity contribution in [3.8, 4) is 5.75 Å². The maximum Gasteiger partial charge on any atom is 0.260 e. The van der Waals surface area contributed by atoms with Crippen LogP contribution in [0.4, 0.5) is 0 Å². The first-order chi connectivity index (χ1) is 11.6. The van der Waals surface area contributed by atoms with Gasteiger partial charge in [-0.05, 0) is 26.0 Å². The molecule has 0 aliphatic carbocycles. The van der Waals surface area contributed by atoms with E-state index in [0.717, 1.165) is 18.7 Å². The number of ether oxygens (including phenoxy) is 2. The maximum absolute atomic E-state index is 12.2. The van der Waals surface area contributed by atoms with Gasteiger partial charge in [-0.3, -0.25) is 9.69 Å². The van der Waals surface area contributed by atoms with E-state index >= 15 is 0 Å². The summed E-state index contributed by atoms with van der Waals surface area (Å²) in [5, 5.41) is 9.87. The predicted molar refractivity (Wildman–Crippen MR) is 92.2 cm³/mol. The molecule has 1 aromatic carbocycles. The van der Waals surface area contributed by atoms with Crippen molar-refractivity contribution in [3.05, 3.63) is 29.8 Å². The molecule has 134 valence electrons. The molecule has 24 heavy (non-hydrogen) atoms. The SMILES string of the molecule is CCOCC(O)CN1CCN(C(=O)COc2ccc(C)cc2)CC1. The lowest BCUT2D eigenvalue weighted by atomic mass is 10.2. The molecule has 0 radical (unpaired) electrons. The van der Waals surface area contributed by atoms with Crippen LogP contribution in [0.2, 0.25) is 0 Å². The molecule has 0 spiro atoms. The Morgan fingerprint density at radius 1 is 1.21 bits per heavy atom. The minimum absolute atomic E-state index is 0.00471. The van der Waals surface area contributed by atoms with Crippen LogP contribution in [0.1, 0.15) is 12.5 Å². The molecule has 1 saturated heterocycles. The molecule has 0 saturated carbocycles. The molecule has 6 heteroatoms. The first-order valence-corrected chi connectivity index (χ1v) is 8.54. The molecular formula is C18H28N2O4. The van der Waals surface area contributed by atoms with Crippen molar-refractivity contribution < 1.29 is 19.4 Å². The largest absolute Gasteiger partial charge is 0.484 e. The number of aryl methyl sites for hydroxylation is 1. The van der Waals surface area contributed by atoms with Crippen LogP contribution < -0.4 is 4.74 Å². The third kappa shape index (κ3) is 6.11. The van der Waals surface area contributed by atoms with Crippen LogP contribution in [0.3, 0.4) is 0 Å². The van der Waals surface area contributed by atoms with Crippen molar-refractivity contribution in [2.45, 2.75) is 20.0 Å². The quantitative estimate of drug-likeness (QED) is 0.765.